The average molecular weight is 186 g/mol. The highest BCUT2D eigenvalue weighted by molar-refractivity contribution is 5.75. The number of nitrogens with two attached hydrogens (primary N) is 1. The minimum absolute atomic E-state index is 0.0248. The molecule has 0 aliphatic carbocycles. The maximum absolute atomic E-state index is 12.4. The Bertz CT molecular complexity index is 315. The predicted octanol–water partition coefficient (Wildman–Crippen LogP) is 1.29. The molecule has 0 bridgehead atoms. The van der Waals surface area contributed by atoms with E-state index in [0.29, 0.717) is 6.29 Å². The Morgan fingerprint density at radius 3 is 2.77 bits per heavy atom. The highest BCUT2D eigenvalue weighted by Crippen LogP contribution is 2.24. The van der Waals surface area contributed by atoms with Gasteiger partial charge in [-0.1, -0.05) is 0 Å². The van der Waals surface area contributed by atoms with Crippen molar-refractivity contribution in [1.82, 2.24) is 4.98 Å². The molecule has 1 rings (SSSR count). The summed E-state index contributed by atoms with van der Waals surface area (Å²) in [6.45, 7) is -0.0248. The monoisotopic (exact) mass is 186 g/mol. The van der Waals surface area contributed by atoms with Crippen LogP contribution in [0.25, 0.3) is 0 Å². The molecule has 0 unspecified atom stereocenters. The molecular weight excluding hydrogens is 178 g/mol. The fourth-order valence-electron chi connectivity index (χ4n) is 1.06. The predicted molar refractivity (Wildman–Crippen MR) is 42.5 cm³/mol. The van der Waals surface area contributed by atoms with Gasteiger partial charge in [0.15, 0.2) is 6.29 Å². The largest absolute Gasteiger partial charge is 0.326 e. The molecule has 1 heterocycles. The van der Waals surface area contributed by atoms with Gasteiger partial charge in [-0.15, -0.1) is 0 Å². The zero-order chi connectivity index (χ0) is 9.84. The lowest BCUT2D eigenvalue weighted by molar-refractivity contribution is 0.110. The van der Waals surface area contributed by atoms with Gasteiger partial charge >= 0.3 is 0 Å². The van der Waals surface area contributed by atoms with Gasteiger partial charge in [-0.3, -0.25) is 9.78 Å². The fourth-order valence-corrected chi connectivity index (χ4v) is 1.06. The lowest BCUT2D eigenvalue weighted by Gasteiger charge is -2.07. The Hall–Kier alpha value is -1.36. The third-order valence-corrected chi connectivity index (χ3v) is 1.66. The maximum atomic E-state index is 12.4. The topological polar surface area (TPSA) is 56.0 Å². The second kappa shape index (κ2) is 4.04. The van der Waals surface area contributed by atoms with Gasteiger partial charge in [0.1, 0.15) is 5.69 Å². The molecule has 5 heteroatoms. The summed E-state index contributed by atoms with van der Waals surface area (Å²) in [5.74, 6) is 0. The molecule has 1 aromatic heterocycles. The van der Waals surface area contributed by atoms with Crippen molar-refractivity contribution in [3.63, 3.8) is 0 Å². The number of carbonyl (C=O) groups is 1. The summed E-state index contributed by atoms with van der Waals surface area (Å²) in [6.07, 6.45) is -1.12. The number of hydrogen-bond donors (Lipinski definition) is 1. The van der Waals surface area contributed by atoms with Crippen LogP contribution in [0.4, 0.5) is 8.78 Å². The smallest absolute Gasteiger partial charge is 0.266 e. The standard InChI is InChI=1S/C8H8F2N2O/c9-8(10)7-5(3-11)1-2-12-6(7)4-13/h1-2,4,8H,3,11H2. The number of rotatable bonds is 3. The van der Waals surface area contributed by atoms with Crippen LogP contribution in [0.3, 0.4) is 0 Å². The zero-order valence-corrected chi connectivity index (χ0v) is 6.71. The zero-order valence-electron chi connectivity index (χ0n) is 6.71. The number of carbonyl (C=O) groups excluding carboxylic acids is 1. The first-order valence-electron chi connectivity index (χ1n) is 3.62. The molecule has 3 nitrogen and oxygen atoms in total. The molecule has 1 aromatic rings. The molecular formula is C8H8F2N2O. The average Bonchev–Trinajstić information content (AvgIpc) is 2.16. The van der Waals surface area contributed by atoms with E-state index in [-0.39, 0.29) is 23.4 Å². The number of pyridine rings is 1. The molecule has 0 fully saturated rings. The van der Waals surface area contributed by atoms with Crippen molar-refractivity contribution < 1.29 is 13.6 Å². The third kappa shape index (κ3) is 1.86. The first-order chi connectivity index (χ1) is 6.20. The van der Waals surface area contributed by atoms with Crippen molar-refractivity contribution in [2.24, 2.45) is 5.73 Å². The maximum Gasteiger partial charge on any atom is 0.266 e. The summed E-state index contributed by atoms with van der Waals surface area (Å²) in [5.41, 5.74) is 4.89. The summed E-state index contributed by atoms with van der Waals surface area (Å²) in [5, 5.41) is 0. The van der Waals surface area contributed by atoms with E-state index in [1.807, 2.05) is 0 Å². The molecule has 0 spiro atoms. The molecule has 0 saturated heterocycles. The second-order valence-corrected chi connectivity index (χ2v) is 2.39. The van der Waals surface area contributed by atoms with Crippen LogP contribution in [0, 0.1) is 0 Å². The van der Waals surface area contributed by atoms with Gasteiger partial charge in [-0.25, -0.2) is 8.78 Å². The van der Waals surface area contributed by atoms with Crippen LogP contribution in [0.2, 0.25) is 0 Å². The van der Waals surface area contributed by atoms with Crippen molar-refractivity contribution >= 4 is 6.29 Å². The number of halogens is 2. The van der Waals surface area contributed by atoms with Gasteiger partial charge in [-0.2, -0.15) is 0 Å². The van der Waals surface area contributed by atoms with Crippen LogP contribution in [0.5, 0.6) is 0 Å². The van der Waals surface area contributed by atoms with Crippen LogP contribution < -0.4 is 5.73 Å². The summed E-state index contributed by atoms with van der Waals surface area (Å²) >= 11 is 0. The molecule has 70 valence electrons. The number of nitrogens with zero attached hydrogens (tertiary/aromatic N) is 1. The van der Waals surface area contributed by atoms with Crippen LogP contribution in [-0.4, -0.2) is 11.3 Å². The molecule has 2 N–H and O–H groups in total. The Balaban J connectivity index is 3.29. The van der Waals surface area contributed by atoms with E-state index in [4.69, 9.17) is 5.73 Å². The Labute approximate surface area is 73.6 Å². The Morgan fingerprint density at radius 1 is 1.62 bits per heavy atom. The molecule has 0 aliphatic heterocycles. The molecule has 0 radical (unpaired) electrons. The minimum Gasteiger partial charge on any atom is -0.326 e. The fraction of sp³-hybridized carbons (Fsp3) is 0.250. The Morgan fingerprint density at radius 2 is 2.31 bits per heavy atom. The molecule has 0 aliphatic rings. The van der Waals surface area contributed by atoms with Crippen LogP contribution in [0.15, 0.2) is 12.3 Å². The number of aromatic nitrogens is 1. The summed E-state index contributed by atoms with van der Waals surface area (Å²) < 4.78 is 24.8. The van der Waals surface area contributed by atoms with E-state index < -0.39 is 6.43 Å². The normalized spacial score (nSPS) is 10.5. The first-order valence-corrected chi connectivity index (χ1v) is 3.62. The summed E-state index contributed by atoms with van der Waals surface area (Å²) in [4.78, 5) is 13.9. The molecule has 13 heavy (non-hydrogen) atoms. The first kappa shape index (κ1) is 9.73. The van der Waals surface area contributed by atoms with Crippen LogP contribution >= 0.6 is 0 Å². The van der Waals surface area contributed by atoms with Gasteiger partial charge in [-0.05, 0) is 11.6 Å². The summed E-state index contributed by atoms with van der Waals surface area (Å²) in [7, 11) is 0. The lowest BCUT2D eigenvalue weighted by Crippen LogP contribution is -2.06. The van der Waals surface area contributed by atoms with E-state index >= 15 is 0 Å². The highest BCUT2D eigenvalue weighted by atomic mass is 19.3. The van der Waals surface area contributed by atoms with Gasteiger partial charge in [0.05, 0.1) is 5.56 Å². The van der Waals surface area contributed by atoms with E-state index in [1.165, 1.54) is 12.3 Å². The minimum atomic E-state index is -2.72. The Kier molecular flexibility index (Phi) is 3.02. The van der Waals surface area contributed by atoms with Gasteiger partial charge in [0.2, 0.25) is 0 Å². The van der Waals surface area contributed by atoms with E-state index in [2.05, 4.69) is 4.98 Å². The van der Waals surface area contributed by atoms with Crippen molar-refractivity contribution in [2.45, 2.75) is 13.0 Å². The quantitative estimate of drug-likeness (QED) is 0.723. The number of alkyl halides is 2. The van der Waals surface area contributed by atoms with Crippen LogP contribution in [0.1, 0.15) is 28.0 Å². The van der Waals surface area contributed by atoms with Crippen LogP contribution in [-0.2, 0) is 6.54 Å². The van der Waals surface area contributed by atoms with Crippen molar-refractivity contribution in [3.05, 3.63) is 29.1 Å². The molecule has 0 aromatic carbocycles. The van der Waals surface area contributed by atoms with Gasteiger partial charge in [0.25, 0.3) is 6.43 Å². The SMILES string of the molecule is NCc1ccnc(C=O)c1C(F)F. The van der Waals surface area contributed by atoms with Crippen molar-refractivity contribution in [3.8, 4) is 0 Å². The van der Waals surface area contributed by atoms with Gasteiger partial charge in [0, 0.05) is 12.7 Å². The molecule has 0 atom stereocenters. The van der Waals surface area contributed by atoms with Gasteiger partial charge < -0.3 is 5.73 Å². The molecule has 0 saturated carbocycles. The summed E-state index contributed by atoms with van der Waals surface area (Å²) in [6, 6.07) is 1.38. The van der Waals surface area contributed by atoms with E-state index in [1.54, 1.807) is 0 Å². The van der Waals surface area contributed by atoms with E-state index in [0.717, 1.165) is 0 Å². The number of aldehydes is 1. The lowest BCUT2D eigenvalue weighted by atomic mass is 10.1. The second-order valence-electron chi connectivity index (χ2n) is 2.39. The van der Waals surface area contributed by atoms with E-state index in [9.17, 15) is 13.6 Å². The van der Waals surface area contributed by atoms with Crippen molar-refractivity contribution in [2.75, 3.05) is 0 Å². The highest BCUT2D eigenvalue weighted by Gasteiger charge is 2.17. The number of hydrogen-bond acceptors (Lipinski definition) is 3. The third-order valence-electron chi connectivity index (χ3n) is 1.66. The van der Waals surface area contributed by atoms with Crippen molar-refractivity contribution in [1.29, 1.82) is 0 Å². The molecule has 0 amide bonds.